The van der Waals surface area contributed by atoms with E-state index < -0.39 is 0 Å². The van der Waals surface area contributed by atoms with E-state index >= 15 is 0 Å². The molecule has 1 unspecified atom stereocenters. The highest BCUT2D eigenvalue weighted by Crippen LogP contribution is 2.23. The van der Waals surface area contributed by atoms with E-state index in [4.69, 9.17) is 5.26 Å². The smallest absolute Gasteiger partial charge is 0.0712 e. The summed E-state index contributed by atoms with van der Waals surface area (Å²) in [4.78, 5) is 0. The van der Waals surface area contributed by atoms with Gasteiger partial charge >= 0.3 is 0 Å². The van der Waals surface area contributed by atoms with Crippen molar-refractivity contribution in [2.24, 2.45) is 0 Å². The third-order valence-electron chi connectivity index (χ3n) is 2.37. The minimum atomic E-state index is 0.0555. The molecule has 68 valence electrons. The molecule has 0 heterocycles. The Morgan fingerprint density at radius 3 is 2.62 bits per heavy atom. The van der Waals surface area contributed by atoms with Crippen LogP contribution in [0.15, 0.2) is 18.2 Å². The van der Waals surface area contributed by atoms with Gasteiger partial charge in [0.15, 0.2) is 0 Å². The highest BCUT2D eigenvalue weighted by molar-refractivity contribution is 5.35. The van der Waals surface area contributed by atoms with E-state index in [2.05, 4.69) is 45.0 Å². The standard InChI is InChI=1S/C12H15N/c1-4-11(8-13)12-7-9(2)5-6-10(12)3/h5-7,11H,4H2,1-3H3. The largest absolute Gasteiger partial charge is 0.198 e. The number of hydrogen-bond donors (Lipinski definition) is 0. The Labute approximate surface area is 80.0 Å². The number of nitriles is 1. The van der Waals surface area contributed by atoms with Crippen LogP contribution in [0.25, 0.3) is 0 Å². The van der Waals surface area contributed by atoms with Crippen LogP contribution in [-0.4, -0.2) is 0 Å². The maximum Gasteiger partial charge on any atom is 0.0712 e. The minimum absolute atomic E-state index is 0.0555. The maximum absolute atomic E-state index is 8.94. The predicted molar refractivity (Wildman–Crippen MR) is 54.6 cm³/mol. The SMILES string of the molecule is CCC(C#N)c1cc(C)ccc1C. The van der Waals surface area contributed by atoms with Crippen LogP contribution in [0.3, 0.4) is 0 Å². The lowest BCUT2D eigenvalue weighted by atomic mass is 9.92. The molecular weight excluding hydrogens is 158 g/mol. The van der Waals surface area contributed by atoms with Crippen molar-refractivity contribution in [3.63, 3.8) is 0 Å². The maximum atomic E-state index is 8.94. The van der Waals surface area contributed by atoms with Crippen molar-refractivity contribution >= 4 is 0 Å². The number of hydrogen-bond acceptors (Lipinski definition) is 1. The number of rotatable bonds is 2. The Morgan fingerprint density at radius 1 is 1.38 bits per heavy atom. The molecule has 0 amide bonds. The number of benzene rings is 1. The fraction of sp³-hybridized carbons (Fsp3) is 0.417. The van der Waals surface area contributed by atoms with Crippen molar-refractivity contribution in [2.45, 2.75) is 33.1 Å². The first kappa shape index (κ1) is 9.80. The molecule has 0 aliphatic rings. The third-order valence-corrected chi connectivity index (χ3v) is 2.37. The number of nitrogens with zero attached hydrogens (tertiary/aromatic N) is 1. The van der Waals surface area contributed by atoms with Gasteiger partial charge in [0.1, 0.15) is 0 Å². The van der Waals surface area contributed by atoms with Crippen LogP contribution in [0.2, 0.25) is 0 Å². The van der Waals surface area contributed by atoms with Crippen LogP contribution in [0.4, 0.5) is 0 Å². The molecule has 1 aromatic carbocycles. The lowest BCUT2D eigenvalue weighted by molar-refractivity contribution is 0.810. The molecule has 1 aromatic rings. The van der Waals surface area contributed by atoms with E-state index in [0.717, 1.165) is 6.42 Å². The first-order valence-corrected chi connectivity index (χ1v) is 4.65. The molecule has 1 rings (SSSR count). The summed E-state index contributed by atoms with van der Waals surface area (Å²) in [5.74, 6) is 0.0555. The monoisotopic (exact) mass is 173 g/mol. The predicted octanol–water partition coefficient (Wildman–Crippen LogP) is 3.32. The van der Waals surface area contributed by atoms with E-state index in [1.165, 1.54) is 16.7 Å². The van der Waals surface area contributed by atoms with Gasteiger partial charge in [-0.1, -0.05) is 30.7 Å². The fourth-order valence-electron chi connectivity index (χ4n) is 1.52. The Bertz CT molecular complexity index is 333. The first-order chi connectivity index (χ1) is 6.19. The van der Waals surface area contributed by atoms with Crippen molar-refractivity contribution in [1.29, 1.82) is 5.26 Å². The van der Waals surface area contributed by atoms with E-state index in [-0.39, 0.29) is 5.92 Å². The second-order valence-corrected chi connectivity index (χ2v) is 3.45. The van der Waals surface area contributed by atoms with Crippen molar-refractivity contribution in [2.75, 3.05) is 0 Å². The van der Waals surface area contributed by atoms with Gasteiger partial charge in [-0.15, -0.1) is 0 Å². The molecule has 0 saturated heterocycles. The lowest BCUT2D eigenvalue weighted by Gasteiger charge is -2.10. The zero-order valence-corrected chi connectivity index (χ0v) is 8.46. The van der Waals surface area contributed by atoms with E-state index in [0.29, 0.717) is 0 Å². The van der Waals surface area contributed by atoms with Gasteiger partial charge in [0.25, 0.3) is 0 Å². The third kappa shape index (κ3) is 2.09. The summed E-state index contributed by atoms with van der Waals surface area (Å²) in [5.41, 5.74) is 3.64. The second-order valence-electron chi connectivity index (χ2n) is 3.45. The molecule has 13 heavy (non-hydrogen) atoms. The molecule has 0 saturated carbocycles. The minimum Gasteiger partial charge on any atom is -0.198 e. The summed E-state index contributed by atoms with van der Waals surface area (Å²) in [6, 6.07) is 8.63. The number of aryl methyl sites for hydroxylation is 2. The summed E-state index contributed by atoms with van der Waals surface area (Å²) in [5, 5.41) is 8.94. The molecular formula is C12H15N. The molecule has 0 N–H and O–H groups in total. The summed E-state index contributed by atoms with van der Waals surface area (Å²) < 4.78 is 0. The quantitative estimate of drug-likeness (QED) is 0.673. The Kier molecular flexibility index (Phi) is 3.08. The summed E-state index contributed by atoms with van der Waals surface area (Å²) in [6.45, 7) is 6.18. The molecule has 0 bridgehead atoms. The van der Waals surface area contributed by atoms with Gasteiger partial charge in [-0.2, -0.15) is 5.26 Å². The topological polar surface area (TPSA) is 23.8 Å². The zero-order valence-electron chi connectivity index (χ0n) is 8.46. The molecule has 1 heteroatoms. The van der Waals surface area contributed by atoms with Crippen molar-refractivity contribution in [3.05, 3.63) is 34.9 Å². The van der Waals surface area contributed by atoms with Crippen LogP contribution in [-0.2, 0) is 0 Å². The Balaban J connectivity index is 3.13. The lowest BCUT2D eigenvalue weighted by Crippen LogP contribution is -1.97. The van der Waals surface area contributed by atoms with Gasteiger partial charge in [-0.25, -0.2) is 0 Å². The van der Waals surface area contributed by atoms with Gasteiger partial charge in [-0.05, 0) is 31.4 Å². The summed E-state index contributed by atoms with van der Waals surface area (Å²) in [7, 11) is 0. The van der Waals surface area contributed by atoms with Crippen LogP contribution >= 0.6 is 0 Å². The van der Waals surface area contributed by atoms with E-state index in [1.54, 1.807) is 0 Å². The van der Waals surface area contributed by atoms with Gasteiger partial charge in [-0.3, -0.25) is 0 Å². The molecule has 0 aliphatic carbocycles. The normalized spacial score (nSPS) is 12.2. The molecule has 0 spiro atoms. The second kappa shape index (κ2) is 4.09. The highest BCUT2D eigenvalue weighted by Gasteiger charge is 2.10. The van der Waals surface area contributed by atoms with Gasteiger partial charge < -0.3 is 0 Å². The molecule has 0 aromatic heterocycles. The molecule has 0 radical (unpaired) electrons. The summed E-state index contributed by atoms with van der Waals surface area (Å²) in [6.07, 6.45) is 0.890. The first-order valence-electron chi connectivity index (χ1n) is 4.65. The van der Waals surface area contributed by atoms with Crippen molar-refractivity contribution in [1.82, 2.24) is 0 Å². The fourth-order valence-corrected chi connectivity index (χ4v) is 1.52. The van der Waals surface area contributed by atoms with Gasteiger partial charge in [0, 0.05) is 0 Å². The van der Waals surface area contributed by atoms with Crippen LogP contribution < -0.4 is 0 Å². The van der Waals surface area contributed by atoms with Gasteiger partial charge in [0.2, 0.25) is 0 Å². The Hall–Kier alpha value is -1.29. The van der Waals surface area contributed by atoms with E-state index in [9.17, 15) is 0 Å². The Morgan fingerprint density at radius 2 is 2.08 bits per heavy atom. The van der Waals surface area contributed by atoms with Crippen LogP contribution in [0.5, 0.6) is 0 Å². The highest BCUT2D eigenvalue weighted by atomic mass is 14.3. The van der Waals surface area contributed by atoms with Crippen molar-refractivity contribution < 1.29 is 0 Å². The zero-order chi connectivity index (χ0) is 9.84. The average molecular weight is 173 g/mol. The van der Waals surface area contributed by atoms with Crippen molar-refractivity contribution in [3.8, 4) is 6.07 Å². The molecule has 0 fully saturated rings. The molecule has 1 nitrogen and oxygen atoms in total. The molecule has 1 atom stereocenters. The van der Waals surface area contributed by atoms with E-state index in [1.807, 2.05) is 0 Å². The van der Waals surface area contributed by atoms with Crippen LogP contribution in [0.1, 0.15) is 36.0 Å². The van der Waals surface area contributed by atoms with Crippen LogP contribution in [0, 0.1) is 25.2 Å². The summed E-state index contributed by atoms with van der Waals surface area (Å²) >= 11 is 0. The molecule has 0 aliphatic heterocycles. The van der Waals surface area contributed by atoms with Gasteiger partial charge in [0.05, 0.1) is 12.0 Å². The average Bonchev–Trinajstić information content (AvgIpc) is 2.13.